The van der Waals surface area contributed by atoms with Gasteiger partial charge in [-0.1, -0.05) is 0 Å². The van der Waals surface area contributed by atoms with E-state index in [2.05, 4.69) is 9.64 Å². The molecule has 1 saturated heterocycles. The second-order valence-electron chi connectivity index (χ2n) is 4.98. The van der Waals surface area contributed by atoms with Crippen LogP contribution >= 0.6 is 0 Å². The number of alkyl halides is 3. The Hall–Kier alpha value is -1.47. The van der Waals surface area contributed by atoms with E-state index in [1.54, 1.807) is 12.1 Å². The second-order valence-corrected chi connectivity index (χ2v) is 4.98. The number of anilines is 1. The van der Waals surface area contributed by atoms with Crippen molar-refractivity contribution in [3.8, 4) is 5.75 Å². The number of nitrogens with zero attached hydrogens (tertiary/aromatic N) is 1. The zero-order chi connectivity index (χ0) is 15.3. The number of nitrogens with two attached hydrogens (primary N) is 1. The molecule has 1 fully saturated rings. The Balaban J connectivity index is 1.79. The summed E-state index contributed by atoms with van der Waals surface area (Å²) in [4.78, 5) is 2.20. The monoisotopic (exact) mass is 304 g/mol. The maximum Gasteiger partial charge on any atom is 0.522 e. The van der Waals surface area contributed by atoms with Gasteiger partial charge in [-0.05, 0) is 37.1 Å². The van der Waals surface area contributed by atoms with Crippen LogP contribution < -0.4 is 15.4 Å². The summed E-state index contributed by atoms with van der Waals surface area (Å²) in [6.07, 6.45) is -2.51. The lowest BCUT2D eigenvalue weighted by molar-refractivity contribution is -0.325. The molecule has 1 unspecified atom stereocenters. The summed E-state index contributed by atoms with van der Waals surface area (Å²) in [5.74, 6) is 0.519. The molecule has 1 aliphatic heterocycles. The van der Waals surface area contributed by atoms with Gasteiger partial charge in [0, 0.05) is 24.8 Å². The first kappa shape index (κ1) is 15.9. The van der Waals surface area contributed by atoms with Gasteiger partial charge < -0.3 is 15.4 Å². The Morgan fingerprint density at radius 1 is 1.19 bits per heavy atom. The van der Waals surface area contributed by atoms with Crippen molar-refractivity contribution in [2.75, 3.05) is 31.2 Å². The Bertz CT molecular complexity index is 437. The van der Waals surface area contributed by atoms with Crippen LogP contribution in [0, 0.1) is 0 Å². The van der Waals surface area contributed by atoms with E-state index in [9.17, 15) is 13.2 Å². The van der Waals surface area contributed by atoms with E-state index in [1.165, 1.54) is 0 Å². The molecule has 118 valence electrons. The highest BCUT2D eigenvalue weighted by molar-refractivity contribution is 5.49. The molecular weight excluding hydrogens is 285 g/mol. The molecule has 7 heteroatoms. The molecule has 21 heavy (non-hydrogen) atoms. The summed E-state index contributed by atoms with van der Waals surface area (Å²) >= 11 is 0. The van der Waals surface area contributed by atoms with Crippen LogP contribution in [0.4, 0.5) is 18.9 Å². The van der Waals surface area contributed by atoms with Gasteiger partial charge in [-0.25, -0.2) is 0 Å². The zero-order valence-corrected chi connectivity index (χ0v) is 11.6. The molecule has 1 aromatic rings. The fraction of sp³-hybridized carbons (Fsp3) is 0.571. The molecule has 0 saturated carbocycles. The van der Waals surface area contributed by atoms with Crippen LogP contribution in [-0.2, 0) is 4.74 Å². The van der Waals surface area contributed by atoms with Gasteiger partial charge in [0.2, 0.25) is 0 Å². The van der Waals surface area contributed by atoms with Gasteiger partial charge in [-0.3, -0.25) is 4.74 Å². The minimum absolute atomic E-state index is 0.145. The predicted octanol–water partition coefficient (Wildman–Crippen LogP) is 2.53. The first-order valence-electron chi connectivity index (χ1n) is 6.88. The van der Waals surface area contributed by atoms with Crippen LogP contribution in [0.25, 0.3) is 0 Å². The average Bonchev–Trinajstić information content (AvgIpc) is 2.43. The van der Waals surface area contributed by atoms with Gasteiger partial charge in [0.1, 0.15) is 12.4 Å². The predicted molar refractivity (Wildman–Crippen MR) is 73.4 cm³/mol. The van der Waals surface area contributed by atoms with Crippen LogP contribution in [0.5, 0.6) is 5.75 Å². The molecule has 1 aromatic carbocycles. The van der Waals surface area contributed by atoms with Gasteiger partial charge in [-0.15, -0.1) is 13.2 Å². The van der Waals surface area contributed by atoms with Gasteiger partial charge in [0.25, 0.3) is 0 Å². The number of hydrogen-bond acceptors (Lipinski definition) is 4. The van der Waals surface area contributed by atoms with Crippen molar-refractivity contribution >= 4 is 5.69 Å². The van der Waals surface area contributed by atoms with Crippen LogP contribution in [0.1, 0.15) is 12.8 Å². The summed E-state index contributed by atoms with van der Waals surface area (Å²) in [5.41, 5.74) is 6.98. The maximum absolute atomic E-state index is 11.8. The van der Waals surface area contributed by atoms with E-state index in [0.29, 0.717) is 5.75 Å². The number of rotatable bonds is 5. The molecule has 0 aromatic heterocycles. The minimum atomic E-state index is -4.61. The van der Waals surface area contributed by atoms with Crippen LogP contribution in [-0.4, -0.2) is 38.7 Å². The van der Waals surface area contributed by atoms with E-state index >= 15 is 0 Å². The van der Waals surface area contributed by atoms with Crippen molar-refractivity contribution in [2.24, 2.45) is 5.73 Å². The standard InChI is InChI=1S/C14H19F3N2O2/c15-14(16,17)21-9-8-20-13-5-3-12(4-6-13)19-7-1-2-11(18)10-19/h3-6,11H,1-2,7-10,18H2. The quantitative estimate of drug-likeness (QED) is 0.849. The van der Waals surface area contributed by atoms with Crippen molar-refractivity contribution in [2.45, 2.75) is 25.2 Å². The van der Waals surface area contributed by atoms with Crippen LogP contribution in [0.2, 0.25) is 0 Å². The molecule has 2 N–H and O–H groups in total. The normalized spacial score (nSPS) is 19.6. The van der Waals surface area contributed by atoms with Gasteiger partial charge >= 0.3 is 6.36 Å². The summed E-state index contributed by atoms with van der Waals surface area (Å²) in [6, 6.07) is 7.44. The molecule has 1 atom stereocenters. The van der Waals surface area contributed by atoms with E-state index in [-0.39, 0.29) is 12.6 Å². The third-order valence-corrected chi connectivity index (χ3v) is 3.28. The van der Waals surface area contributed by atoms with Crippen molar-refractivity contribution in [1.29, 1.82) is 0 Å². The molecule has 4 nitrogen and oxygen atoms in total. The number of halogens is 3. The number of ether oxygens (including phenoxy) is 2. The molecule has 0 bridgehead atoms. The Morgan fingerprint density at radius 3 is 2.52 bits per heavy atom. The largest absolute Gasteiger partial charge is 0.522 e. The summed E-state index contributed by atoms with van der Waals surface area (Å²) < 4.78 is 44.2. The third kappa shape index (κ3) is 5.43. The smallest absolute Gasteiger partial charge is 0.491 e. The molecule has 0 amide bonds. The maximum atomic E-state index is 11.8. The summed E-state index contributed by atoms with van der Waals surface area (Å²) in [5, 5.41) is 0. The van der Waals surface area contributed by atoms with Crippen molar-refractivity contribution < 1.29 is 22.6 Å². The third-order valence-electron chi connectivity index (χ3n) is 3.28. The lowest BCUT2D eigenvalue weighted by Crippen LogP contribution is -2.42. The molecule has 2 rings (SSSR count). The molecule has 1 aliphatic rings. The first-order valence-corrected chi connectivity index (χ1v) is 6.88. The van der Waals surface area contributed by atoms with E-state index in [0.717, 1.165) is 31.6 Å². The minimum Gasteiger partial charge on any atom is -0.491 e. The highest BCUT2D eigenvalue weighted by atomic mass is 19.4. The summed E-state index contributed by atoms with van der Waals surface area (Å²) in [7, 11) is 0. The van der Waals surface area contributed by atoms with Gasteiger partial charge in [0.15, 0.2) is 0 Å². The number of piperidine rings is 1. The van der Waals surface area contributed by atoms with Gasteiger partial charge in [-0.2, -0.15) is 0 Å². The van der Waals surface area contributed by atoms with Crippen LogP contribution in [0.15, 0.2) is 24.3 Å². The fourth-order valence-electron chi connectivity index (χ4n) is 2.31. The van der Waals surface area contributed by atoms with E-state index < -0.39 is 13.0 Å². The average molecular weight is 304 g/mol. The zero-order valence-electron chi connectivity index (χ0n) is 11.6. The molecular formula is C14H19F3N2O2. The second kappa shape index (κ2) is 7.00. The topological polar surface area (TPSA) is 47.7 Å². The highest BCUT2D eigenvalue weighted by Crippen LogP contribution is 2.22. The molecule has 0 radical (unpaired) electrons. The Kier molecular flexibility index (Phi) is 5.30. The van der Waals surface area contributed by atoms with E-state index in [1.807, 2.05) is 12.1 Å². The number of benzene rings is 1. The lowest BCUT2D eigenvalue weighted by Gasteiger charge is -2.32. The van der Waals surface area contributed by atoms with Crippen molar-refractivity contribution in [3.05, 3.63) is 24.3 Å². The van der Waals surface area contributed by atoms with Crippen molar-refractivity contribution in [1.82, 2.24) is 0 Å². The SMILES string of the molecule is NC1CCCN(c2ccc(OCCOC(F)(F)F)cc2)C1. The Labute approximate surface area is 121 Å². The van der Waals surface area contributed by atoms with E-state index in [4.69, 9.17) is 10.5 Å². The summed E-state index contributed by atoms with van der Waals surface area (Å²) in [6.45, 7) is 1.12. The first-order chi connectivity index (χ1) is 9.94. The molecule has 0 aliphatic carbocycles. The van der Waals surface area contributed by atoms with Crippen LogP contribution in [0.3, 0.4) is 0 Å². The van der Waals surface area contributed by atoms with Gasteiger partial charge in [0.05, 0.1) is 6.61 Å². The highest BCUT2D eigenvalue weighted by Gasteiger charge is 2.28. The number of hydrogen-bond donors (Lipinski definition) is 1. The fourth-order valence-corrected chi connectivity index (χ4v) is 2.31. The molecule has 0 spiro atoms. The lowest BCUT2D eigenvalue weighted by atomic mass is 10.1. The van der Waals surface area contributed by atoms with Crippen molar-refractivity contribution in [3.63, 3.8) is 0 Å². The molecule has 1 heterocycles. The Morgan fingerprint density at radius 2 is 1.90 bits per heavy atom.